The van der Waals surface area contributed by atoms with Crippen molar-refractivity contribution in [3.63, 3.8) is 0 Å². The van der Waals surface area contributed by atoms with Crippen LogP contribution in [0, 0.1) is 0 Å². The monoisotopic (exact) mass is 270 g/mol. The highest BCUT2D eigenvalue weighted by atomic mass is 35.5. The third-order valence-electron chi connectivity index (χ3n) is 2.31. The van der Waals surface area contributed by atoms with E-state index in [2.05, 4.69) is 5.43 Å². The molecule has 0 aliphatic heterocycles. The zero-order chi connectivity index (χ0) is 13.4. The average Bonchev–Trinajstić information content (AvgIpc) is 2.39. The summed E-state index contributed by atoms with van der Waals surface area (Å²) < 4.78 is 5.44. The Morgan fingerprint density at radius 1 is 1.44 bits per heavy atom. The van der Waals surface area contributed by atoms with E-state index in [0.29, 0.717) is 35.8 Å². The number of rotatable bonds is 7. The van der Waals surface area contributed by atoms with Gasteiger partial charge >= 0.3 is 0 Å². The fraction of sp³-hybridized carbons (Fsp3) is 0.333. The van der Waals surface area contributed by atoms with Gasteiger partial charge in [0.25, 0.3) is 0 Å². The van der Waals surface area contributed by atoms with Gasteiger partial charge in [-0.25, -0.2) is 5.84 Å². The molecular weight excluding hydrogens is 256 g/mol. The van der Waals surface area contributed by atoms with Gasteiger partial charge in [0.2, 0.25) is 5.91 Å². The maximum absolute atomic E-state index is 10.8. The Kier molecular flexibility index (Phi) is 6.18. The van der Waals surface area contributed by atoms with Gasteiger partial charge in [0, 0.05) is 12.0 Å². The summed E-state index contributed by atoms with van der Waals surface area (Å²) in [6.45, 7) is 0.456. The van der Waals surface area contributed by atoms with Crippen LogP contribution >= 0.6 is 11.6 Å². The molecule has 0 saturated heterocycles. The van der Waals surface area contributed by atoms with Gasteiger partial charge in [-0.2, -0.15) is 0 Å². The van der Waals surface area contributed by atoms with Crippen molar-refractivity contribution in [1.82, 2.24) is 5.43 Å². The number of nitrogens with two attached hydrogens (primary N) is 1. The maximum Gasteiger partial charge on any atom is 0.233 e. The summed E-state index contributed by atoms with van der Waals surface area (Å²) >= 11 is 5.93. The fourth-order valence-corrected chi connectivity index (χ4v) is 1.59. The van der Waals surface area contributed by atoms with Crippen LogP contribution in [-0.4, -0.2) is 18.8 Å². The summed E-state index contributed by atoms with van der Waals surface area (Å²) in [5.74, 6) is 5.29. The number of unbranched alkanes of at least 4 members (excludes halogenated alkanes) is 1. The molecule has 5 nitrogen and oxygen atoms in total. The zero-order valence-electron chi connectivity index (χ0n) is 9.82. The minimum Gasteiger partial charge on any atom is -0.492 e. The van der Waals surface area contributed by atoms with Crippen molar-refractivity contribution in [3.8, 4) is 5.75 Å². The molecule has 0 aromatic heterocycles. The molecule has 0 aliphatic rings. The molecule has 0 spiro atoms. The number of ether oxygens (including phenoxy) is 1. The van der Waals surface area contributed by atoms with E-state index in [1.807, 2.05) is 0 Å². The van der Waals surface area contributed by atoms with Crippen LogP contribution in [0.1, 0.15) is 29.6 Å². The van der Waals surface area contributed by atoms with E-state index in [1.165, 1.54) is 0 Å². The quantitative estimate of drug-likeness (QED) is 0.260. The average molecular weight is 271 g/mol. The predicted molar refractivity (Wildman–Crippen MR) is 68.5 cm³/mol. The number of hydrogen-bond acceptors (Lipinski definition) is 4. The highest BCUT2D eigenvalue weighted by Gasteiger charge is 2.03. The highest BCUT2D eigenvalue weighted by Crippen LogP contribution is 2.25. The highest BCUT2D eigenvalue weighted by molar-refractivity contribution is 6.32. The summed E-state index contributed by atoms with van der Waals surface area (Å²) in [6.07, 6.45) is 2.50. The SMILES string of the molecule is NNC(=O)CCCCOc1ccc(C=O)cc1Cl. The van der Waals surface area contributed by atoms with Crippen LogP contribution in [0.15, 0.2) is 18.2 Å². The standard InChI is InChI=1S/C12H15ClN2O3/c13-10-7-9(8-16)4-5-11(10)18-6-2-1-3-12(17)15-14/h4-5,7-8H,1-3,6,14H2,(H,15,17). The zero-order valence-corrected chi connectivity index (χ0v) is 10.6. The summed E-state index contributed by atoms with van der Waals surface area (Å²) in [5, 5.41) is 0.402. The van der Waals surface area contributed by atoms with Crippen LogP contribution in [0.2, 0.25) is 5.02 Å². The molecule has 1 aromatic carbocycles. The van der Waals surface area contributed by atoms with Crippen molar-refractivity contribution in [3.05, 3.63) is 28.8 Å². The van der Waals surface area contributed by atoms with Crippen LogP contribution in [0.25, 0.3) is 0 Å². The molecule has 98 valence electrons. The van der Waals surface area contributed by atoms with Crippen molar-refractivity contribution >= 4 is 23.8 Å². The first-order chi connectivity index (χ1) is 8.67. The second-order valence-corrected chi connectivity index (χ2v) is 4.09. The Morgan fingerprint density at radius 3 is 2.83 bits per heavy atom. The van der Waals surface area contributed by atoms with E-state index in [4.69, 9.17) is 22.2 Å². The van der Waals surface area contributed by atoms with E-state index < -0.39 is 0 Å². The Hall–Kier alpha value is -1.59. The van der Waals surface area contributed by atoms with E-state index >= 15 is 0 Å². The van der Waals surface area contributed by atoms with Gasteiger partial charge in [-0.3, -0.25) is 15.0 Å². The molecule has 18 heavy (non-hydrogen) atoms. The van der Waals surface area contributed by atoms with Gasteiger partial charge in [0.05, 0.1) is 11.6 Å². The molecule has 0 bridgehead atoms. The number of amides is 1. The Balaban J connectivity index is 2.31. The Labute approximate surface area is 110 Å². The lowest BCUT2D eigenvalue weighted by molar-refractivity contribution is -0.121. The third kappa shape index (κ3) is 4.73. The van der Waals surface area contributed by atoms with Crippen LogP contribution in [0.5, 0.6) is 5.75 Å². The first-order valence-corrected chi connectivity index (χ1v) is 5.92. The number of hydrazine groups is 1. The molecule has 0 fully saturated rings. The molecular formula is C12H15ClN2O3. The number of nitrogens with one attached hydrogen (secondary N) is 1. The van der Waals surface area contributed by atoms with Gasteiger partial charge in [-0.15, -0.1) is 0 Å². The molecule has 1 aromatic rings. The second kappa shape index (κ2) is 7.68. The molecule has 1 amide bonds. The summed E-state index contributed by atoms with van der Waals surface area (Å²) in [6, 6.07) is 4.83. The summed E-state index contributed by atoms with van der Waals surface area (Å²) in [7, 11) is 0. The number of aldehydes is 1. The van der Waals surface area contributed by atoms with Crippen molar-refractivity contribution < 1.29 is 14.3 Å². The molecule has 6 heteroatoms. The fourth-order valence-electron chi connectivity index (χ4n) is 1.35. The normalized spacial score (nSPS) is 9.89. The number of hydrogen-bond donors (Lipinski definition) is 2. The van der Waals surface area contributed by atoms with Crippen molar-refractivity contribution in [2.24, 2.45) is 5.84 Å². The van der Waals surface area contributed by atoms with Gasteiger partial charge < -0.3 is 4.74 Å². The molecule has 0 aliphatic carbocycles. The van der Waals surface area contributed by atoms with E-state index in [-0.39, 0.29) is 5.91 Å². The van der Waals surface area contributed by atoms with Crippen LogP contribution in [0.3, 0.4) is 0 Å². The Morgan fingerprint density at radius 2 is 2.22 bits per heavy atom. The minimum atomic E-state index is -0.191. The van der Waals surface area contributed by atoms with Gasteiger partial charge in [0.1, 0.15) is 12.0 Å². The van der Waals surface area contributed by atoms with Crippen molar-refractivity contribution in [2.75, 3.05) is 6.61 Å². The number of halogens is 1. The summed E-state index contributed by atoms with van der Waals surface area (Å²) in [5.41, 5.74) is 2.57. The Bertz CT molecular complexity index is 424. The molecule has 3 N–H and O–H groups in total. The van der Waals surface area contributed by atoms with E-state index in [0.717, 1.165) is 12.7 Å². The van der Waals surface area contributed by atoms with E-state index in [9.17, 15) is 9.59 Å². The summed E-state index contributed by atoms with van der Waals surface area (Å²) in [4.78, 5) is 21.4. The topological polar surface area (TPSA) is 81.4 Å². The second-order valence-electron chi connectivity index (χ2n) is 3.68. The van der Waals surface area contributed by atoms with Gasteiger partial charge in [-0.05, 0) is 31.0 Å². The molecule has 1 rings (SSSR count). The predicted octanol–water partition coefficient (Wildman–Crippen LogP) is 1.69. The number of carbonyl (C=O) groups excluding carboxylic acids is 2. The smallest absolute Gasteiger partial charge is 0.233 e. The van der Waals surface area contributed by atoms with Crippen LogP contribution in [-0.2, 0) is 4.79 Å². The number of benzene rings is 1. The maximum atomic E-state index is 10.8. The van der Waals surface area contributed by atoms with Gasteiger partial charge in [-0.1, -0.05) is 11.6 Å². The molecule has 0 radical (unpaired) electrons. The molecule has 0 atom stereocenters. The van der Waals surface area contributed by atoms with Crippen molar-refractivity contribution in [1.29, 1.82) is 0 Å². The lowest BCUT2D eigenvalue weighted by atomic mass is 10.2. The van der Waals surface area contributed by atoms with E-state index in [1.54, 1.807) is 18.2 Å². The minimum absolute atomic E-state index is 0.191. The number of carbonyl (C=O) groups is 2. The van der Waals surface area contributed by atoms with Gasteiger partial charge in [0.15, 0.2) is 0 Å². The van der Waals surface area contributed by atoms with Crippen LogP contribution < -0.4 is 16.0 Å². The molecule has 0 saturated carbocycles. The lowest BCUT2D eigenvalue weighted by Crippen LogP contribution is -2.29. The van der Waals surface area contributed by atoms with Crippen LogP contribution in [0.4, 0.5) is 0 Å². The first-order valence-electron chi connectivity index (χ1n) is 5.54. The third-order valence-corrected chi connectivity index (χ3v) is 2.60. The lowest BCUT2D eigenvalue weighted by Gasteiger charge is -2.08. The molecule has 0 heterocycles. The first kappa shape index (κ1) is 14.5. The molecule has 0 unspecified atom stereocenters. The van der Waals surface area contributed by atoms with Crippen molar-refractivity contribution in [2.45, 2.75) is 19.3 Å². The largest absolute Gasteiger partial charge is 0.492 e.